The molecule has 0 atom stereocenters. The first kappa shape index (κ1) is 26.1. The van der Waals surface area contributed by atoms with E-state index >= 15 is 0 Å². The van der Waals surface area contributed by atoms with Crippen molar-refractivity contribution in [2.45, 2.75) is 38.5 Å². The summed E-state index contributed by atoms with van der Waals surface area (Å²) < 4.78 is 0. The fraction of sp³-hybridized carbons (Fsp3) is 0.130. The second-order valence-corrected chi connectivity index (χ2v) is 14.5. The van der Waals surface area contributed by atoms with E-state index in [4.69, 9.17) is 0 Å². The van der Waals surface area contributed by atoms with E-state index in [9.17, 15) is 0 Å². The molecule has 0 spiro atoms. The summed E-state index contributed by atoms with van der Waals surface area (Å²) in [7, 11) is 0. The summed E-state index contributed by atoms with van der Waals surface area (Å²) in [5.41, 5.74) is 16.2. The Morgan fingerprint density at radius 1 is 0.326 bits per heavy atom. The number of rotatable bonds is 2. The van der Waals surface area contributed by atoms with Crippen LogP contribution < -0.4 is 0 Å². The maximum Gasteiger partial charge on any atom is 0.0159 e. The third kappa shape index (κ3) is 3.24. The van der Waals surface area contributed by atoms with Gasteiger partial charge >= 0.3 is 0 Å². The first-order valence-corrected chi connectivity index (χ1v) is 16.5. The smallest absolute Gasteiger partial charge is 0.0159 e. The first-order chi connectivity index (χ1) is 22.3. The van der Waals surface area contributed by atoms with Crippen LogP contribution in [0.15, 0.2) is 133 Å². The van der Waals surface area contributed by atoms with E-state index in [2.05, 4.69) is 161 Å². The lowest BCUT2D eigenvalue weighted by atomic mass is 9.80. The van der Waals surface area contributed by atoms with Gasteiger partial charge in [0.05, 0.1) is 0 Å². The van der Waals surface area contributed by atoms with Crippen molar-refractivity contribution in [1.82, 2.24) is 0 Å². The summed E-state index contributed by atoms with van der Waals surface area (Å²) in [5, 5.41) is 7.98. The predicted molar refractivity (Wildman–Crippen MR) is 196 cm³/mol. The van der Waals surface area contributed by atoms with Crippen molar-refractivity contribution in [3.05, 3.63) is 156 Å². The molecule has 0 saturated heterocycles. The average Bonchev–Trinajstić information content (AvgIpc) is 3.46. The van der Waals surface area contributed by atoms with Gasteiger partial charge in [0.25, 0.3) is 0 Å². The lowest BCUT2D eigenvalue weighted by Crippen LogP contribution is -2.15. The molecular weight excluding hydrogens is 553 g/mol. The molecule has 0 heteroatoms. The van der Waals surface area contributed by atoms with Gasteiger partial charge in [-0.05, 0) is 117 Å². The molecular formula is C46H34. The van der Waals surface area contributed by atoms with Crippen molar-refractivity contribution in [3.8, 4) is 44.5 Å². The van der Waals surface area contributed by atoms with Gasteiger partial charge in [0.15, 0.2) is 0 Å². The average molecular weight is 587 g/mol. The van der Waals surface area contributed by atoms with Crippen molar-refractivity contribution < 1.29 is 0 Å². The molecule has 8 aromatic rings. The second kappa shape index (κ2) is 8.74. The van der Waals surface area contributed by atoms with E-state index in [0.29, 0.717) is 0 Å². The predicted octanol–water partition coefficient (Wildman–Crippen LogP) is 12.5. The zero-order valence-electron chi connectivity index (χ0n) is 26.7. The third-order valence-electron chi connectivity index (χ3n) is 11.4. The van der Waals surface area contributed by atoms with Crippen LogP contribution in [0.2, 0.25) is 0 Å². The van der Waals surface area contributed by atoms with Crippen LogP contribution in [0, 0.1) is 0 Å². The summed E-state index contributed by atoms with van der Waals surface area (Å²) in [5.74, 6) is 0. The first-order valence-electron chi connectivity index (χ1n) is 16.5. The lowest BCUT2D eigenvalue weighted by Gasteiger charge is -2.23. The Morgan fingerprint density at radius 3 is 1.28 bits per heavy atom. The molecule has 218 valence electrons. The van der Waals surface area contributed by atoms with Crippen molar-refractivity contribution >= 4 is 32.3 Å². The minimum Gasteiger partial charge on any atom is -0.0619 e. The highest BCUT2D eigenvalue weighted by Crippen LogP contribution is 2.53. The van der Waals surface area contributed by atoms with Gasteiger partial charge in [-0.1, -0.05) is 143 Å². The van der Waals surface area contributed by atoms with Crippen molar-refractivity contribution in [1.29, 1.82) is 0 Å². The van der Waals surface area contributed by atoms with E-state index in [1.54, 1.807) is 0 Å². The fourth-order valence-corrected chi connectivity index (χ4v) is 9.05. The van der Waals surface area contributed by atoms with Crippen molar-refractivity contribution in [2.24, 2.45) is 0 Å². The molecule has 46 heavy (non-hydrogen) atoms. The van der Waals surface area contributed by atoms with Crippen LogP contribution in [0.4, 0.5) is 0 Å². The Hall–Kier alpha value is -5.20. The summed E-state index contributed by atoms with van der Waals surface area (Å²) >= 11 is 0. The second-order valence-electron chi connectivity index (χ2n) is 14.5. The van der Waals surface area contributed by atoms with Crippen LogP contribution in [0.1, 0.15) is 49.9 Å². The van der Waals surface area contributed by atoms with Crippen LogP contribution in [-0.2, 0) is 10.8 Å². The molecule has 0 heterocycles. The maximum atomic E-state index is 2.48. The lowest BCUT2D eigenvalue weighted by molar-refractivity contribution is 0.660. The number of hydrogen-bond acceptors (Lipinski definition) is 0. The van der Waals surface area contributed by atoms with Gasteiger partial charge in [0.1, 0.15) is 0 Å². The highest BCUT2D eigenvalue weighted by atomic mass is 14.4. The largest absolute Gasteiger partial charge is 0.0619 e. The highest BCUT2D eigenvalue weighted by molar-refractivity contribution is 6.28. The van der Waals surface area contributed by atoms with Crippen LogP contribution in [0.3, 0.4) is 0 Å². The molecule has 0 aromatic heterocycles. The Morgan fingerprint density at radius 2 is 0.783 bits per heavy atom. The molecule has 0 aliphatic heterocycles. The van der Waals surface area contributed by atoms with Gasteiger partial charge in [-0.2, -0.15) is 0 Å². The Bertz CT molecular complexity index is 2400. The molecule has 0 N–H and O–H groups in total. The molecule has 0 fully saturated rings. The molecule has 2 aliphatic rings. The van der Waals surface area contributed by atoms with Gasteiger partial charge in [-0.3, -0.25) is 0 Å². The molecule has 8 aromatic carbocycles. The van der Waals surface area contributed by atoms with Gasteiger partial charge in [0.2, 0.25) is 0 Å². The summed E-state index contributed by atoms with van der Waals surface area (Å²) in [6.45, 7) is 9.51. The number of hydrogen-bond donors (Lipinski definition) is 0. The molecule has 2 aliphatic carbocycles. The minimum absolute atomic E-state index is 0.0465. The number of benzene rings is 8. The van der Waals surface area contributed by atoms with Crippen LogP contribution in [0.25, 0.3) is 76.8 Å². The molecule has 0 bridgehead atoms. The van der Waals surface area contributed by atoms with Crippen molar-refractivity contribution in [3.63, 3.8) is 0 Å². The van der Waals surface area contributed by atoms with Crippen molar-refractivity contribution in [2.75, 3.05) is 0 Å². The number of fused-ring (bicyclic) bond motifs is 6. The van der Waals surface area contributed by atoms with E-state index < -0.39 is 0 Å². The molecule has 0 radical (unpaired) electrons. The van der Waals surface area contributed by atoms with E-state index in [-0.39, 0.29) is 10.8 Å². The molecule has 0 unspecified atom stereocenters. The van der Waals surface area contributed by atoms with Gasteiger partial charge in [0, 0.05) is 10.8 Å². The van der Waals surface area contributed by atoms with Crippen LogP contribution >= 0.6 is 0 Å². The fourth-order valence-electron chi connectivity index (χ4n) is 9.05. The SMILES string of the molecule is CC1(C)c2ccccc2-c2ccc(-c3cc(-c4ccc5c(c4)C(C)(C)c4ccccc4-5)c4ccc5cccc6ccc3c4c65)cc21. The van der Waals surface area contributed by atoms with Gasteiger partial charge < -0.3 is 0 Å². The monoisotopic (exact) mass is 586 g/mol. The Labute approximate surface area is 270 Å². The summed E-state index contributed by atoms with van der Waals surface area (Å²) in [4.78, 5) is 0. The van der Waals surface area contributed by atoms with Crippen LogP contribution in [0.5, 0.6) is 0 Å². The van der Waals surface area contributed by atoms with Crippen LogP contribution in [-0.4, -0.2) is 0 Å². The zero-order valence-corrected chi connectivity index (χ0v) is 26.7. The normalized spacial score (nSPS) is 15.3. The Kier molecular flexibility index (Phi) is 4.95. The topological polar surface area (TPSA) is 0 Å². The quantitative estimate of drug-likeness (QED) is 0.177. The standard InChI is InChI=1S/C46H34/c1-45(2)39-14-7-5-12-31(39)33-20-18-29(24-41(33)45)37-26-38(36-23-17-28-11-9-10-27-16-22-35(37)44(36)43(27)28)30-19-21-34-32-13-6-8-15-40(32)46(3,4)42(34)25-30/h5-26H,1-4H3. The van der Waals surface area contributed by atoms with E-state index in [1.165, 1.54) is 99.1 Å². The molecule has 10 rings (SSSR count). The minimum atomic E-state index is -0.0465. The van der Waals surface area contributed by atoms with E-state index in [0.717, 1.165) is 0 Å². The Balaban J connectivity index is 1.27. The van der Waals surface area contributed by atoms with E-state index in [1.807, 2.05) is 0 Å². The summed E-state index contributed by atoms with van der Waals surface area (Å²) in [6, 6.07) is 50.8. The molecule has 0 amide bonds. The zero-order chi connectivity index (χ0) is 30.9. The molecule has 0 nitrogen and oxygen atoms in total. The highest BCUT2D eigenvalue weighted by Gasteiger charge is 2.37. The van der Waals surface area contributed by atoms with Gasteiger partial charge in [-0.15, -0.1) is 0 Å². The third-order valence-corrected chi connectivity index (χ3v) is 11.4. The maximum absolute atomic E-state index is 2.48. The van der Waals surface area contributed by atoms with Gasteiger partial charge in [-0.25, -0.2) is 0 Å². The molecule has 0 saturated carbocycles. The summed E-state index contributed by atoms with van der Waals surface area (Å²) in [6.07, 6.45) is 0.